The number of rotatable bonds is 0. The first kappa shape index (κ1) is 17.5. The fourth-order valence-corrected chi connectivity index (χ4v) is 4.27. The van der Waals surface area contributed by atoms with Crippen molar-refractivity contribution in [1.82, 2.24) is 9.97 Å². The zero-order valence-corrected chi connectivity index (χ0v) is 17.0. The van der Waals surface area contributed by atoms with Crippen LogP contribution < -0.4 is 0 Å². The Morgan fingerprint density at radius 2 is 1.10 bits per heavy atom. The number of fused-ring (bicyclic) bond motifs is 6. The van der Waals surface area contributed by atoms with Crippen LogP contribution in [0.25, 0.3) is 43.6 Å². The lowest BCUT2D eigenvalue weighted by molar-refractivity contribution is 1.47. The number of aromatic nitrogens is 2. The summed E-state index contributed by atoms with van der Waals surface area (Å²) in [5.41, 5.74) is 5.07. The smallest absolute Gasteiger partial charge is 0.101 e. The molecule has 4 heteroatoms. The summed E-state index contributed by atoms with van der Waals surface area (Å²) in [7, 11) is 0. The van der Waals surface area contributed by atoms with E-state index < -0.39 is 0 Å². The maximum absolute atomic E-state index is 8.99. The Hall–Kier alpha value is -3.55. The van der Waals surface area contributed by atoms with Crippen LogP contribution in [-0.2, 0) is 0 Å². The molecular formula is C25H16BrN3. The fraction of sp³-hybridized carbons (Fsp3) is 0. The molecule has 0 aliphatic carbocycles. The average Bonchev–Trinajstić information content (AvgIpc) is 3.34. The van der Waals surface area contributed by atoms with Crippen molar-refractivity contribution < 1.29 is 0 Å². The third-order valence-electron chi connectivity index (χ3n) is 5.15. The van der Waals surface area contributed by atoms with Gasteiger partial charge in [0.15, 0.2) is 0 Å². The van der Waals surface area contributed by atoms with Crippen LogP contribution >= 0.6 is 15.9 Å². The fourth-order valence-electron chi connectivity index (χ4n) is 3.80. The minimum Gasteiger partial charge on any atom is -0.354 e. The minimum atomic E-state index is 0.698. The summed E-state index contributed by atoms with van der Waals surface area (Å²) in [4.78, 5) is 6.67. The SMILES string of the molecule is Brc1cccc2c1[nH]c1ccccc12.N#Cc1cccc2c1[nH]c1ccccc12. The highest BCUT2D eigenvalue weighted by Crippen LogP contribution is 2.30. The molecule has 0 atom stereocenters. The van der Waals surface area contributed by atoms with Crippen LogP contribution in [0.1, 0.15) is 5.56 Å². The van der Waals surface area contributed by atoms with Gasteiger partial charge in [0.25, 0.3) is 0 Å². The molecule has 4 aromatic carbocycles. The van der Waals surface area contributed by atoms with Crippen LogP contribution in [0.15, 0.2) is 89.4 Å². The molecule has 2 N–H and O–H groups in total. The molecular weight excluding hydrogens is 422 g/mol. The number of para-hydroxylation sites is 4. The molecule has 0 unspecified atom stereocenters. The van der Waals surface area contributed by atoms with Crippen molar-refractivity contribution in [3.05, 3.63) is 95.0 Å². The topological polar surface area (TPSA) is 55.4 Å². The summed E-state index contributed by atoms with van der Waals surface area (Å²) >= 11 is 3.54. The first-order chi connectivity index (χ1) is 14.3. The van der Waals surface area contributed by atoms with E-state index in [-0.39, 0.29) is 0 Å². The van der Waals surface area contributed by atoms with Gasteiger partial charge in [-0.1, -0.05) is 60.7 Å². The van der Waals surface area contributed by atoms with Gasteiger partial charge in [0.1, 0.15) is 6.07 Å². The molecule has 6 aromatic rings. The Bertz CT molecular complexity index is 1530. The monoisotopic (exact) mass is 437 g/mol. The van der Waals surface area contributed by atoms with Gasteiger partial charge in [-0.25, -0.2) is 0 Å². The number of benzene rings is 4. The lowest BCUT2D eigenvalue weighted by Gasteiger charge is -1.92. The average molecular weight is 438 g/mol. The zero-order valence-electron chi connectivity index (χ0n) is 15.4. The summed E-state index contributed by atoms with van der Waals surface area (Å²) < 4.78 is 1.12. The molecule has 6 rings (SSSR count). The molecule has 29 heavy (non-hydrogen) atoms. The van der Waals surface area contributed by atoms with Crippen molar-refractivity contribution in [2.45, 2.75) is 0 Å². The molecule has 2 heterocycles. The van der Waals surface area contributed by atoms with Gasteiger partial charge < -0.3 is 9.97 Å². The van der Waals surface area contributed by atoms with Gasteiger partial charge in [0.05, 0.1) is 16.6 Å². The van der Waals surface area contributed by atoms with Crippen LogP contribution in [0.4, 0.5) is 0 Å². The lowest BCUT2D eigenvalue weighted by atomic mass is 10.1. The first-order valence-corrected chi connectivity index (χ1v) is 10.1. The van der Waals surface area contributed by atoms with Crippen LogP contribution in [0.5, 0.6) is 0 Å². The molecule has 0 spiro atoms. The predicted octanol–water partition coefficient (Wildman–Crippen LogP) is 7.28. The second-order valence-corrected chi connectivity index (χ2v) is 7.70. The Morgan fingerprint density at radius 3 is 1.76 bits per heavy atom. The third kappa shape index (κ3) is 2.97. The van der Waals surface area contributed by atoms with Crippen molar-refractivity contribution in [1.29, 1.82) is 5.26 Å². The Kier molecular flexibility index (Phi) is 4.31. The van der Waals surface area contributed by atoms with Crippen molar-refractivity contribution in [3.8, 4) is 6.07 Å². The summed E-state index contributed by atoms with van der Waals surface area (Å²) in [5, 5.41) is 13.8. The van der Waals surface area contributed by atoms with E-state index in [1.54, 1.807) is 0 Å². The van der Waals surface area contributed by atoms with Crippen LogP contribution in [0, 0.1) is 11.3 Å². The van der Waals surface area contributed by atoms with Crippen molar-refractivity contribution in [2.75, 3.05) is 0 Å². The van der Waals surface area contributed by atoms with E-state index in [4.69, 9.17) is 5.26 Å². The minimum absolute atomic E-state index is 0.698. The van der Waals surface area contributed by atoms with Gasteiger partial charge in [-0.05, 0) is 40.2 Å². The summed E-state index contributed by atoms with van der Waals surface area (Å²) in [6.45, 7) is 0. The van der Waals surface area contributed by atoms with E-state index in [0.29, 0.717) is 5.56 Å². The van der Waals surface area contributed by atoms with Gasteiger partial charge in [-0.15, -0.1) is 0 Å². The van der Waals surface area contributed by atoms with E-state index in [2.05, 4.69) is 74.4 Å². The summed E-state index contributed by atoms with van der Waals surface area (Å²) in [6.07, 6.45) is 0. The predicted molar refractivity (Wildman–Crippen MR) is 124 cm³/mol. The summed E-state index contributed by atoms with van der Waals surface area (Å²) in [6, 6.07) is 30.7. The van der Waals surface area contributed by atoms with Gasteiger partial charge in [0, 0.05) is 37.1 Å². The number of H-pyrrole nitrogens is 2. The molecule has 138 valence electrons. The van der Waals surface area contributed by atoms with Crippen LogP contribution in [0.3, 0.4) is 0 Å². The number of hydrogen-bond acceptors (Lipinski definition) is 1. The highest BCUT2D eigenvalue weighted by molar-refractivity contribution is 9.10. The second kappa shape index (κ2) is 7.12. The number of nitrogens with zero attached hydrogens (tertiary/aromatic N) is 1. The number of hydrogen-bond donors (Lipinski definition) is 2. The van der Waals surface area contributed by atoms with Crippen LogP contribution in [0.2, 0.25) is 0 Å². The molecule has 3 nitrogen and oxygen atoms in total. The van der Waals surface area contributed by atoms with E-state index in [0.717, 1.165) is 20.9 Å². The van der Waals surface area contributed by atoms with Gasteiger partial charge in [-0.3, -0.25) is 0 Å². The maximum atomic E-state index is 8.99. The zero-order chi connectivity index (χ0) is 19.8. The molecule has 0 fully saturated rings. The van der Waals surface area contributed by atoms with Crippen molar-refractivity contribution in [2.24, 2.45) is 0 Å². The molecule has 2 aromatic heterocycles. The van der Waals surface area contributed by atoms with E-state index >= 15 is 0 Å². The molecule has 0 saturated carbocycles. The van der Waals surface area contributed by atoms with Crippen molar-refractivity contribution >= 4 is 59.5 Å². The lowest BCUT2D eigenvalue weighted by Crippen LogP contribution is -1.75. The van der Waals surface area contributed by atoms with Crippen molar-refractivity contribution in [3.63, 3.8) is 0 Å². The Labute approximate surface area is 175 Å². The molecule has 0 saturated heterocycles. The van der Waals surface area contributed by atoms with E-state index in [9.17, 15) is 0 Å². The standard InChI is InChI=1S/C13H8N2.C12H8BrN/c14-8-9-4-3-6-11-10-5-1-2-7-12(10)15-13(9)11;13-10-6-3-5-9-8-4-1-2-7-11(8)14-12(9)10/h1-7,15H;1-7,14H. The quantitative estimate of drug-likeness (QED) is 0.257. The number of aromatic amines is 2. The molecule has 0 amide bonds. The number of nitriles is 1. The Balaban J connectivity index is 0.000000125. The van der Waals surface area contributed by atoms with Crippen LogP contribution in [-0.4, -0.2) is 9.97 Å². The largest absolute Gasteiger partial charge is 0.354 e. The summed E-state index contributed by atoms with van der Waals surface area (Å²) in [5.74, 6) is 0. The maximum Gasteiger partial charge on any atom is 0.101 e. The molecule has 0 radical (unpaired) electrons. The molecule has 0 aliphatic heterocycles. The normalized spacial score (nSPS) is 10.9. The highest BCUT2D eigenvalue weighted by Gasteiger charge is 2.06. The molecule has 0 aliphatic rings. The first-order valence-electron chi connectivity index (χ1n) is 9.31. The third-order valence-corrected chi connectivity index (χ3v) is 5.81. The molecule has 0 bridgehead atoms. The number of nitrogens with one attached hydrogen (secondary N) is 2. The second-order valence-electron chi connectivity index (χ2n) is 6.84. The van der Waals surface area contributed by atoms with Gasteiger partial charge in [0.2, 0.25) is 0 Å². The van der Waals surface area contributed by atoms with E-state index in [1.807, 2.05) is 42.5 Å². The Morgan fingerprint density at radius 1 is 0.586 bits per heavy atom. The van der Waals surface area contributed by atoms with E-state index in [1.165, 1.54) is 27.2 Å². The van der Waals surface area contributed by atoms with Gasteiger partial charge >= 0.3 is 0 Å². The highest BCUT2D eigenvalue weighted by atomic mass is 79.9. The van der Waals surface area contributed by atoms with Gasteiger partial charge in [-0.2, -0.15) is 5.26 Å². The number of halogens is 1.